The molecule has 1 aliphatic heterocycles. The van der Waals surface area contributed by atoms with Gasteiger partial charge >= 0.3 is 5.97 Å². The van der Waals surface area contributed by atoms with Crippen molar-refractivity contribution in [3.8, 4) is 5.75 Å². The van der Waals surface area contributed by atoms with E-state index in [0.717, 1.165) is 16.2 Å². The molecule has 8 nitrogen and oxygen atoms in total. The topological polar surface area (TPSA) is 102 Å². The summed E-state index contributed by atoms with van der Waals surface area (Å²) in [6.45, 7) is 1.63. The number of benzene rings is 3. The molecule has 3 amide bonds. The maximum Gasteiger partial charge on any atom is 0.338 e. The Morgan fingerprint density at radius 1 is 0.944 bits per heavy atom. The molecule has 3 aromatic carbocycles. The number of carbonyl (C=O) groups excluding carboxylic acids is 4. The number of imide groups is 1. The van der Waals surface area contributed by atoms with Gasteiger partial charge in [-0.3, -0.25) is 19.3 Å². The summed E-state index contributed by atoms with van der Waals surface area (Å²) < 4.78 is 10.4. The summed E-state index contributed by atoms with van der Waals surface area (Å²) in [6, 6.07) is 18.0. The van der Waals surface area contributed by atoms with Crippen molar-refractivity contribution in [2.75, 3.05) is 19.0 Å². The lowest BCUT2D eigenvalue weighted by molar-refractivity contribution is -0.123. The molecule has 1 unspecified atom stereocenters. The summed E-state index contributed by atoms with van der Waals surface area (Å²) in [6.07, 6.45) is -0.621. The van der Waals surface area contributed by atoms with E-state index in [0.29, 0.717) is 17.1 Å². The summed E-state index contributed by atoms with van der Waals surface area (Å²) in [7, 11) is 1.58. The van der Waals surface area contributed by atoms with Crippen LogP contribution in [-0.4, -0.2) is 48.3 Å². The third-order valence-corrected chi connectivity index (χ3v) is 6.01. The number of hydrogen-bond acceptors (Lipinski definition) is 6. The second kappa shape index (κ2) is 10.6. The van der Waals surface area contributed by atoms with Crippen molar-refractivity contribution in [3.63, 3.8) is 0 Å². The van der Waals surface area contributed by atoms with Crippen molar-refractivity contribution in [3.05, 3.63) is 94.0 Å². The summed E-state index contributed by atoms with van der Waals surface area (Å²) in [5, 5.41) is 3.16. The normalized spacial score (nSPS) is 13.2. The Hall–Kier alpha value is -4.17. The lowest BCUT2D eigenvalue weighted by Gasteiger charge is -2.14. The van der Waals surface area contributed by atoms with Crippen LogP contribution in [0.15, 0.2) is 66.7 Å². The van der Waals surface area contributed by atoms with Crippen LogP contribution in [0.5, 0.6) is 5.75 Å². The van der Waals surface area contributed by atoms with Gasteiger partial charge in [-0.1, -0.05) is 23.7 Å². The van der Waals surface area contributed by atoms with Gasteiger partial charge in [0.15, 0.2) is 6.10 Å². The zero-order valence-electron chi connectivity index (χ0n) is 19.6. The van der Waals surface area contributed by atoms with E-state index in [1.54, 1.807) is 31.4 Å². The number of fused-ring (bicyclic) bond motifs is 1. The Morgan fingerprint density at radius 2 is 1.61 bits per heavy atom. The van der Waals surface area contributed by atoms with E-state index in [1.165, 1.54) is 25.1 Å². The first kappa shape index (κ1) is 24.9. The second-order valence-electron chi connectivity index (χ2n) is 8.16. The van der Waals surface area contributed by atoms with Crippen molar-refractivity contribution < 1.29 is 28.7 Å². The molecule has 3 aromatic rings. The molecule has 9 heteroatoms. The highest BCUT2D eigenvalue weighted by atomic mass is 35.5. The Bertz CT molecular complexity index is 1320. The van der Waals surface area contributed by atoms with Crippen molar-refractivity contribution in [1.29, 1.82) is 0 Å². The minimum Gasteiger partial charge on any atom is -0.497 e. The minimum absolute atomic E-state index is 0.0676. The molecule has 1 aliphatic rings. The highest BCUT2D eigenvalue weighted by Crippen LogP contribution is 2.25. The second-order valence-corrected chi connectivity index (χ2v) is 8.60. The van der Waals surface area contributed by atoms with Gasteiger partial charge in [-0.15, -0.1) is 0 Å². The molecule has 1 N–H and O–H groups in total. The van der Waals surface area contributed by atoms with Gasteiger partial charge in [0.05, 0.1) is 23.8 Å². The minimum atomic E-state index is -1.10. The van der Waals surface area contributed by atoms with E-state index >= 15 is 0 Å². The first-order valence-corrected chi connectivity index (χ1v) is 11.5. The van der Waals surface area contributed by atoms with Crippen LogP contribution in [0, 0.1) is 0 Å². The van der Waals surface area contributed by atoms with E-state index in [2.05, 4.69) is 5.32 Å². The third-order valence-electron chi connectivity index (χ3n) is 5.75. The predicted molar refractivity (Wildman–Crippen MR) is 133 cm³/mol. The van der Waals surface area contributed by atoms with E-state index in [1.807, 2.05) is 24.3 Å². The lowest BCUT2D eigenvalue weighted by atomic mass is 10.1. The molecule has 184 valence electrons. The zero-order chi connectivity index (χ0) is 25.8. The van der Waals surface area contributed by atoms with Crippen LogP contribution in [0.2, 0.25) is 5.02 Å². The zero-order valence-corrected chi connectivity index (χ0v) is 20.4. The Labute approximate surface area is 212 Å². The quantitative estimate of drug-likeness (QED) is 0.359. The number of rotatable bonds is 8. The molecule has 4 rings (SSSR count). The number of nitrogens with zero attached hydrogens (tertiary/aromatic N) is 1. The first-order chi connectivity index (χ1) is 17.3. The molecule has 0 aliphatic carbocycles. The van der Waals surface area contributed by atoms with Crippen LogP contribution in [-0.2, 0) is 16.0 Å². The number of carbonyl (C=O) groups is 4. The molecule has 36 heavy (non-hydrogen) atoms. The summed E-state index contributed by atoms with van der Waals surface area (Å²) in [4.78, 5) is 51.9. The van der Waals surface area contributed by atoms with Crippen molar-refractivity contribution in [2.24, 2.45) is 0 Å². The molecule has 0 radical (unpaired) electrons. The number of halogens is 1. The van der Waals surface area contributed by atoms with E-state index in [4.69, 9.17) is 21.1 Å². The number of anilines is 1. The van der Waals surface area contributed by atoms with E-state index in [-0.39, 0.29) is 23.2 Å². The maximum absolute atomic E-state index is 12.9. The molecule has 0 saturated heterocycles. The number of esters is 1. The van der Waals surface area contributed by atoms with Gasteiger partial charge in [0.2, 0.25) is 0 Å². The Kier molecular flexibility index (Phi) is 7.36. The Morgan fingerprint density at radius 3 is 2.28 bits per heavy atom. The highest BCUT2D eigenvalue weighted by molar-refractivity contribution is 6.30. The summed E-state index contributed by atoms with van der Waals surface area (Å²) in [5.41, 5.74) is 1.87. The van der Waals surface area contributed by atoms with Crippen LogP contribution in [0.25, 0.3) is 0 Å². The monoisotopic (exact) mass is 506 g/mol. The van der Waals surface area contributed by atoms with Gasteiger partial charge in [-0.2, -0.15) is 0 Å². The smallest absolute Gasteiger partial charge is 0.338 e. The fourth-order valence-electron chi connectivity index (χ4n) is 3.71. The molecular formula is C27H23ClN2O6. The fraction of sp³-hybridized carbons (Fsp3) is 0.185. The molecular weight excluding hydrogens is 484 g/mol. The van der Waals surface area contributed by atoms with Crippen LogP contribution in [0.1, 0.15) is 43.6 Å². The van der Waals surface area contributed by atoms with Crippen molar-refractivity contribution in [2.45, 2.75) is 19.4 Å². The van der Waals surface area contributed by atoms with Gasteiger partial charge < -0.3 is 14.8 Å². The molecule has 0 spiro atoms. The summed E-state index contributed by atoms with van der Waals surface area (Å²) in [5.74, 6) is -1.49. The fourth-order valence-corrected chi connectivity index (χ4v) is 3.84. The Balaban J connectivity index is 1.39. The lowest BCUT2D eigenvalue weighted by Crippen LogP contribution is -2.31. The van der Waals surface area contributed by atoms with E-state index < -0.39 is 29.8 Å². The third kappa shape index (κ3) is 5.39. The largest absolute Gasteiger partial charge is 0.497 e. The highest BCUT2D eigenvalue weighted by Gasteiger charge is 2.36. The number of hydrogen-bond donors (Lipinski definition) is 1. The van der Waals surface area contributed by atoms with Crippen LogP contribution in [0.4, 0.5) is 5.69 Å². The average Bonchev–Trinajstić information content (AvgIpc) is 3.12. The van der Waals surface area contributed by atoms with Gasteiger partial charge in [0.1, 0.15) is 5.75 Å². The molecule has 1 heterocycles. The average molecular weight is 507 g/mol. The summed E-state index contributed by atoms with van der Waals surface area (Å²) >= 11 is 5.84. The number of methoxy groups -OCH3 is 1. The van der Waals surface area contributed by atoms with Gasteiger partial charge in [-0.05, 0) is 73.5 Å². The van der Waals surface area contributed by atoms with Crippen LogP contribution in [0.3, 0.4) is 0 Å². The molecule has 0 fully saturated rings. The van der Waals surface area contributed by atoms with Crippen LogP contribution >= 0.6 is 11.6 Å². The van der Waals surface area contributed by atoms with Gasteiger partial charge in [0, 0.05) is 17.3 Å². The molecule has 0 aromatic heterocycles. The standard InChI is InChI=1S/C27H23ClN2O6/c1-16(24(31)29-20-8-6-19(28)7-9-20)36-27(34)18-5-12-22-23(15-18)26(33)30(25(22)32)14-13-17-3-10-21(35-2)11-4-17/h3-12,15-16H,13-14H2,1-2H3,(H,29,31). The number of amides is 3. The number of nitrogens with one attached hydrogen (secondary N) is 1. The first-order valence-electron chi connectivity index (χ1n) is 11.2. The molecule has 0 saturated carbocycles. The SMILES string of the molecule is COc1ccc(CCN2C(=O)c3ccc(C(=O)OC(C)C(=O)Nc4ccc(Cl)cc4)cc3C2=O)cc1. The van der Waals surface area contributed by atoms with Gasteiger partial charge in [-0.25, -0.2) is 4.79 Å². The number of ether oxygens (including phenoxy) is 2. The van der Waals surface area contributed by atoms with Crippen molar-refractivity contribution in [1.82, 2.24) is 4.90 Å². The van der Waals surface area contributed by atoms with E-state index in [9.17, 15) is 19.2 Å². The van der Waals surface area contributed by atoms with Crippen molar-refractivity contribution >= 4 is 41.0 Å². The molecule has 1 atom stereocenters. The van der Waals surface area contributed by atoms with Crippen LogP contribution < -0.4 is 10.1 Å². The predicted octanol–water partition coefficient (Wildman–Crippen LogP) is 4.37. The van der Waals surface area contributed by atoms with Gasteiger partial charge in [0.25, 0.3) is 17.7 Å². The molecule has 0 bridgehead atoms. The maximum atomic E-state index is 12.9.